The fourth-order valence-electron chi connectivity index (χ4n) is 4.51. The van der Waals surface area contributed by atoms with E-state index < -0.39 is 12.1 Å². The summed E-state index contributed by atoms with van der Waals surface area (Å²) in [7, 11) is 0. The average Bonchev–Trinajstić information content (AvgIpc) is 3.09. The van der Waals surface area contributed by atoms with Crippen LogP contribution in [0.2, 0.25) is 0 Å². The van der Waals surface area contributed by atoms with Crippen molar-refractivity contribution < 1.29 is 9.53 Å². The first-order chi connectivity index (χ1) is 18.5. The van der Waals surface area contributed by atoms with Gasteiger partial charge >= 0.3 is 0 Å². The number of pyridine rings is 1. The van der Waals surface area contributed by atoms with E-state index in [9.17, 15) is 10.1 Å². The number of para-hydroxylation sites is 1. The molecule has 0 aliphatic carbocycles. The van der Waals surface area contributed by atoms with E-state index in [0.717, 1.165) is 24.0 Å². The highest BCUT2D eigenvalue weighted by Gasteiger charge is 2.27. The van der Waals surface area contributed by atoms with Gasteiger partial charge in [-0.05, 0) is 31.0 Å². The van der Waals surface area contributed by atoms with Crippen molar-refractivity contribution in [1.82, 2.24) is 4.98 Å². The van der Waals surface area contributed by atoms with Crippen molar-refractivity contribution in [2.45, 2.75) is 19.0 Å². The Morgan fingerprint density at radius 2 is 1.84 bits per heavy atom. The van der Waals surface area contributed by atoms with Gasteiger partial charge in [0.25, 0.3) is 11.9 Å². The topological polar surface area (TPSA) is 153 Å². The Hall–Kier alpha value is -5.04. The third kappa shape index (κ3) is 5.22. The summed E-state index contributed by atoms with van der Waals surface area (Å²) in [5, 5.41) is 20.6. The van der Waals surface area contributed by atoms with Gasteiger partial charge in [0.05, 0.1) is 23.0 Å². The minimum Gasteiger partial charge on any atom is -0.407 e. The molecule has 1 fully saturated rings. The van der Waals surface area contributed by atoms with Crippen LogP contribution in [0, 0.1) is 22.7 Å². The zero-order chi connectivity index (χ0) is 26.5. The molecule has 3 heterocycles. The molecule has 5 rings (SSSR count). The van der Waals surface area contributed by atoms with Crippen LogP contribution in [0.3, 0.4) is 0 Å². The Morgan fingerprint density at radius 1 is 1.11 bits per heavy atom. The number of aromatic nitrogens is 1. The van der Waals surface area contributed by atoms with Crippen molar-refractivity contribution in [2.24, 2.45) is 21.6 Å². The van der Waals surface area contributed by atoms with Crippen LogP contribution in [-0.4, -0.2) is 47.8 Å². The molecule has 0 radical (unpaired) electrons. The second kappa shape index (κ2) is 10.9. The predicted molar refractivity (Wildman–Crippen MR) is 145 cm³/mol. The van der Waals surface area contributed by atoms with E-state index in [1.807, 2.05) is 53.4 Å². The smallest absolute Gasteiger partial charge is 0.291 e. The summed E-state index contributed by atoms with van der Waals surface area (Å²) in [6, 6.07) is 22.3. The number of hydrogen-bond acceptors (Lipinski definition) is 8. The molecule has 4 N–H and O–H groups in total. The highest BCUT2D eigenvalue weighted by molar-refractivity contribution is 6.19. The van der Waals surface area contributed by atoms with Crippen molar-refractivity contribution in [3.05, 3.63) is 89.6 Å². The zero-order valence-electron chi connectivity index (χ0n) is 20.5. The number of anilines is 2. The maximum Gasteiger partial charge on any atom is 0.291 e. The van der Waals surface area contributed by atoms with Crippen LogP contribution in [0.5, 0.6) is 0 Å². The van der Waals surface area contributed by atoms with Crippen LogP contribution in [0.1, 0.15) is 29.5 Å². The van der Waals surface area contributed by atoms with Crippen LogP contribution in [0.25, 0.3) is 0 Å². The molecule has 2 aliphatic heterocycles. The van der Waals surface area contributed by atoms with Crippen molar-refractivity contribution >= 4 is 35.0 Å². The molecular weight excluding hydrogens is 480 g/mol. The number of benzodiazepines with no additional fused rings is 1. The highest BCUT2D eigenvalue weighted by Crippen LogP contribution is 2.26. The van der Waals surface area contributed by atoms with Gasteiger partial charge in [0.1, 0.15) is 5.82 Å². The first-order valence-corrected chi connectivity index (χ1v) is 12.3. The zero-order valence-corrected chi connectivity index (χ0v) is 20.5. The minimum absolute atomic E-state index is 0.0232. The summed E-state index contributed by atoms with van der Waals surface area (Å²) in [5.74, 6) is -0.117. The lowest BCUT2D eigenvalue weighted by atomic mass is 9.98. The molecular formula is C28H26N8O2. The molecule has 10 heteroatoms. The molecule has 10 nitrogen and oxygen atoms in total. The van der Waals surface area contributed by atoms with Gasteiger partial charge < -0.3 is 20.7 Å². The van der Waals surface area contributed by atoms with Crippen LogP contribution in [-0.2, 0) is 9.53 Å². The molecule has 0 saturated carbocycles. The van der Waals surface area contributed by atoms with E-state index in [-0.39, 0.29) is 17.8 Å². The van der Waals surface area contributed by atoms with Crippen molar-refractivity contribution in [1.29, 1.82) is 10.7 Å². The number of nitrogens with two attached hydrogens (primary N) is 1. The number of carbonyl (C=O) groups is 1. The minimum atomic E-state index is -1.22. The van der Waals surface area contributed by atoms with Crippen LogP contribution in [0.4, 0.5) is 11.5 Å². The largest absolute Gasteiger partial charge is 0.407 e. The average molecular weight is 507 g/mol. The second-order valence-electron chi connectivity index (χ2n) is 8.92. The van der Waals surface area contributed by atoms with Crippen LogP contribution in [0.15, 0.2) is 82.9 Å². The molecule has 2 aliphatic rings. The Bertz CT molecular complexity index is 1450. The summed E-state index contributed by atoms with van der Waals surface area (Å²) < 4.78 is 5.56. The molecule has 0 spiro atoms. The Balaban J connectivity index is 1.40. The SMILES string of the molecule is N#CC1CCN(c2ncccc2C(=N)O/C(N)=N/C2N=C(c3ccccc3)c3ccccc3NC2=O)CC1. The number of hydrogen-bond donors (Lipinski definition) is 3. The second-order valence-corrected chi connectivity index (χ2v) is 8.92. The molecule has 0 bridgehead atoms. The van der Waals surface area contributed by atoms with Gasteiger partial charge in [-0.3, -0.25) is 10.2 Å². The van der Waals surface area contributed by atoms with Gasteiger partial charge in [-0.2, -0.15) is 10.3 Å². The third-order valence-electron chi connectivity index (χ3n) is 6.44. The van der Waals surface area contributed by atoms with Crippen molar-refractivity contribution in [3.63, 3.8) is 0 Å². The number of carbonyl (C=O) groups excluding carboxylic acids is 1. The number of nitrogens with one attached hydrogen (secondary N) is 2. The van der Waals surface area contributed by atoms with Gasteiger partial charge in [0.15, 0.2) is 0 Å². The van der Waals surface area contributed by atoms with E-state index in [1.165, 1.54) is 0 Å². The molecule has 1 amide bonds. The number of benzene rings is 2. The van der Waals surface area contributed by atoms with Gasteiger partial charge in [-0.1, -0.05) is 48.5 Å². The lowest BCUT2D eigenvalue weighted by Gasteiger charge is -2.31. The Morgan fingerprint density at radius 3 is 2.61 bits per heavy atom. The molecule has 190 valence electrons. The van der Waals surface area contributed by atoms with Gasteiger partial charge in [0, 0.05) is 36.3 Å². The van der Waals surface area contributed by atoms with E-state index in [0.29, 0.717) is 35.9 Å². The molecule has 1 saturated heterocycles. The maximum absolute atomic E-state index is 13.0. The standard InChI is InChI=1S/C28H26N8O2/c29-17-18-12-15-36(16-13-18)26-21(10-6-14-32-26)24(30)38-28(31)35-25-27(37)33-22-11-5-4-9-20(22)23(34-25)19-7-2-1-3-8-19/h1-11,14,18,25,30H,12-13,15-16H2,(H2,31,35)(H,33,37). The fourth-order valence-corrected chi connectivity index (χ4v) is 4.51. The van der Waals surface area contributed by atoms with E-state index in [2.05, 4.69) is 26.4 Å². The number of nitrogens with zero attached hydrogens (tertiary/aromatic N) is 5. The summed E-state index contributed by atoms with van der Waals surface area (Å²) in [4.78, 5) is 28.4. The van der Waals surface area contributed by atoms with Crippen molar-refractivity contribution in [2.75, 3.05) is 23.3 Å². The predicted octanol–water partition coefficient (Wildman–Crippen LogP) is 3.29. The Labute approximate surface area is 220 Å². The first-order valence-electron chi connectivity index (χ1n) is 12.3. The summed E-state index contributed by atoms with van der Waals surface area (Å²) in [5.41, 5.74) is 9.30. The van der Waals surface area contributed by atoms with Gasteiger partial charge in [0.2, 0.25) is 12.1 Å². The summed E-state index contributed by atoms with van der Waals surface area (Å²) in [6.07, 6.45) is 1.88. The quantitative estimate of drug-likeness (QED) is 0.365. The van der Waals surface area contributed by atoms with E-state index in [1.54, 1.807) is 24.4 Å². The monoisotopic (exact) mass is 506 g/mol. The molecule has 1 unspecified atom stereocenters. The summed E-state index contributed by atoms with van der Waals surface area (Å²) in [6.45, 7) is 1.30. The van der Waals surface area contributed by atoms with Crippen LogP contribution >= 0.6 is 0 Å². The Kier molecular flexibility index (Phi) is 7.08. The lowest BCUT2D eigenvalue weighted by Crippen LogP contribution is -2.35. The highest BCUT2D eigenvalue weighted by atomic mass is 16.5. The fraction of sp³-hybridized carbons (Fsp3) is 0.214. The number of amidine groups is 1. The van der Waals surface area contributed by atoms with Gasteiger partial charge in [-0.15, -0.1) is 0 Å². The molecule has 2 aromatic carbocycles. The van der Waals surface area contributed by atoms with E-state index >= 15 is 0 Å². The number of ether oxygens (including phenoxy) is 1. The maximum atomic E-state index is 13.0. The number of amides is 1. The number of fused-ring (bicyclic) bond motifs is 1. The number of nitriles is 1. The number of rotatable bonds is 4. The molecule has 1 atom stereocenters. The van der Waals surface area contributed by atoms with Crippen LogP contribution < -0.4 is 16.0 Å². The number of piperidine rings is 1. The molecule has 38 heavy (non-hydrogen) atoms. The normalized spacial score (nSPS) is 17.9. The lowest BCUT2D eigenvalue weighted by molar-refractivity contribution is -0.117. The van der Waals surface area contributed by atoms with Gasteiger partial charge in [-0.25, -0.2) is 9.98 Å². The molecule has 1 aromatic heterocycles. The number of aliphatic imine (C=N–C) groups is 2. The first kappa shape index (κ1) is 24.6. The van der Waals surface area contributed by atoms with E-state index in [4.69, 9.17) is 15.9 Å². The van der Waals surface area contributed by atoms with Crippen molar-refractivity contribution in [3.8, 4) is 6.07 Å². The molecule has 3 aromatic rings. The summed E-state index contributed by atoms with van der Waals surface area (Å²) >= 11 is 0. The third-order valence-corrected chi connectivity index (χ3v) is 6.44.